The summed E-state index contributed by atoms with van der Waals surface area (Å²) in [6.45, 7) is 5.38. The third-order valence-electron chi connectivity index (χ3n) is 1.84. The minimum atomic E-state index is -0.563. The van der Waals surface area contributed by atoms with Gasteiger partial charge >= 0.3 is 0 Å². The van der Waals surface area contributed by atoms with Gasteiger partial charge in [-0.25, -0.2) is 8.78 Å². The SMILES string of the molecule is C=CCOc1cc(F)c(CC)c(F)c1. The highest BCUT2D eigenvalue weighted by Gasteiger charge is 2.09. The van der Waals surface area contributed by atoms with Crippen LogP contribution in [0.2, 0.25) is 0 Å². The highest BCUT2D eigenvalue weighted by atomic mass is 19.1. The molecule has 0 atom stereocenters. The van der Waals surface area contributed by atoms with Crippen molar-refractivity contribution in [3.05, 3.63) is 42.0 Å². The van der Waals surface area contributed by atoms with Gasteiger partial charge in [0, 0.05) is 17.7 Å². The fourth-order valence-electron chi connectivity index (χ4n) is 1.16. The number of hydrogen-bond acceptors (Lipinski definition) is 1. The molecule has 0 unspecified atom stereocenters. The van der Waals surface area contributed by atoms with Crippen LogP contribution in [-0.4, -0.2) is 6.61 Å². The van der Waals surface area contributed by atoms with Gasteiger partial charge in [0.2, 0.25) is 0 Å². The molecule has 3 heteroatoms. The quantitative estimate of drug-likeness (QED) is 0.675. The second kappa shape index (κ2) is 4.74. The molecule has 76 valence electrons. The molecule has 0 aliphatic rings. The van der Waals surface area contributed by atoms with E-state index in [-0.39, 0.29) is 17.9 Å². The molecule has 0 saturated heterocycles. The largest absolute Gasteiger partial charge is 0.489 e. The summed E-state index contributed by atoms with van der Waals surface area (Å²) < 4.78 is 31.4. The highest BCUT2D eigenvalue weighted by molar-refractivity contribution is 5.30. The Morgan fingerprint density at radius 2 is 1.93 bits per heavy atom. The van der Waals surface area contributed by atoms with Crippen LogP contribution in [0.3, 0.4) is 0 Å². The van der Waals surface area contributed by atoms with Crippen LogP contribution in [0.4, 0.5) is 8.78 Å². The van der Waals surface area contributed by atoms with E-state index in [4.69, 9.17) is 4.74 Å². The first kappa shape index (κ1) is 10.7. The van der Waals surface area contributed by atoms with E-state index in [1.54, 1.807) is 6.92 Å². The van der Waals surface area contributed by atoms with Crippen molar-refractivity contribution in [2.75, 3.05) is 6.61 Å². The fourth-order valence-corrected chi connectivity index (χ4v) is 1.16. The molecule has 0 aromatic heterocycles. The normalized spacial score (nSPS) is 9.93. The van der Waals surface area contributed by atoms with E-state index in [9.17, 15) is 8.78 Å². The standard InChI is InChI=1S/C11H12F2O/c1-3-5-14-8-6-10(12)9(4-2)11(13)7-8/h3,6-7H,1,4-5H2,2H3. The molecule has 14 heavy (non-hydrogen) atoms. The number of hydrogen-bond donors (Lipinski definition) is 0. The van der Waals surface area contributed by atoms with Gasteiger partial charge in [0.25, 0.3) is 0 Å². The van der Waals surface area contributed by atoms with Gasteiger partial charge in [0.15, 0.2) is 0 Å². The molecular formula is C11H12F2O. The second-order valence-electron chi connectivity index (χ2n) is 2.82. The Kier molecular flexibility index (Phi) is 3.63. The molecular weight excluding hydrogens is 186 g/mol. The first-order valence-corrected chi connectivity index (χ1v) is 4.40. The minimum absolute atomic E-state index is 0.0935. The minimum Gasteiger partial charge on any atom is -0.489 e. The summed E-state index contributed by atoms with van der Waals surface area (Å²) in [5.74, 6) is -0.935. The van der Waals surface area contributed by atoms with Crippen LogP contribution in [0.25, 0.3) is 0 Å². The van der Waals surface area contributed by atoms with Crippen molar-refractivity contribution in [2.24, 2.45) is 0 Å². The summed E-state index contributed by atoms with van der Waals surface area (Å²) in [6, 6.07) is 2.37. The van der Waals surface area contributed by atoms with E-state index >= 15 is 0 Å². The summed E-state index contributed by atoms with van der Waals surface area (Å²) in [4.78, 5) is 0. The van der Waals surface area contributed by atoms with Gasteiger partial charge in [0.1, 0.15) is 24.0 Å². The average molecular weight is 198 g/mol. The van der Waals surface area contributed by atoms with Gasteiger partial charge in [-0.15, -0.1) is 0 Å². The van der Waals surface area contributed by atoms with Crippen molar-refractivity contribution in [2.45, 2.75) is 13.3 Å². The maximum Gasteiger partial charge on any atom is 0.132 e. The Bertz CT molecular complexity index is 311. The van der Waals surface area contributed by atoms with Crippen molar-refractivity contribution in [3.8, 4) is 5.75 Å². The Hall–Kier alpha value is -1.38. The van der Waals surface area contributed by atoms with Crippen molar-refractivity contribution >= 4 is 0 Å². The predicted octanol–water partition coefficient (Wildman–Crippen LogP) is 3.09. The molecule has 0 bridgehead atoms. The molecule has 0 aliphatic carbocycles. The second-order valence-corrected chi connectivity index (χ2v) is 2.82. The van der Waals surface area contributed by atoms with Crippen LogP contribution in [-0.2, 0) is 6.42 Å². The van der Waals surface area contributed by atoms with Gasteiger partial charge in [-0.2, -0.15) is 0 Å². The lowest BCUT2D eigenvalue weighted by atomic mass is 10.1. The topological polar surface area (TPSA) is 9.23 Å². The van der Waals surface area contributed by atoms with Crippen LogP contribution < -0.4 is 4.74 Å². The summed E-state index contributed by atoms with van der Waals surface area (Å²) in [6.07, 6.45) is 1.85. The molecule has 1 aromatic carbocycles. The monoisotopic (exact) mass is 198 g/mol. The van der Waals surface area contributed by atoms with Crippen LogP contribution in [0.5, 0.6) is 5.75 Å². The Labute approximate surface area is 82.0 Å². The van der Waals surface area contributed by atoms with Crippen LogP contribution >= 0.6 is 0 Å². The number of ether oxygens (including phenoxy) is 1. The fraction of sp³-hybridized carbons (Fsp3) is 0.273. The van der Waals surface area contributed by atoms with E-state index in [1.165, 1.54) is 18.2 Å². The maximum atomic E-state index is 13.2. The third-order valence-corrected chi connectivity index (χ3v) is 1.84. The van der Waals surface area contributed by atoms with Crippen molar-refractivity contribution < 1.29 is 13.5 Å². The summed E-state index contributed by atoms with van der Waals surface area (Å²) >= 11 is 0. The molecule has 1 rings (SSSR count). The zero-order chi connectivity index (χ0) is 10.6. The zero-order valence-corrected chi connectivity index (χ0v) is 8.02. The average Bonchev–Trinajstić information content (AvgIpc) is 2.14. The number of benzene rings is 1. The molecule has 0 saturated carbocycles. The molecule has 0 fully saturated rings. The van der Waals surface area contributed by atoms with Gasteiger partial charge in [-0.05, 0) is 6.42 Å². The van der Waals surface area contributed by atoms with Gasteiger partial charge in [-0.1, -0.05) is 19.6 Å². The van der Waals surface area contributed by atoms with E-state index in [0.717, 1.165) is 0 Å². The summed E-state index contributed by atoms with van der Waals surface area (Å²) in [5.41, 5.74) is 0.0935. The lowest BCUT2D eigenvalue weighted by molar-refractivity contribution is 0.357. The molecule has 0 N–H and O–H groups in total. The molecule has 0 spiro atoms. The Morgan fingerprint density at radius 3 is 2.36 bits per heavy atom. The summed E-state index contributed by atoms with van der Waals surface area (Å²) in [5, 5.41) is 0. The summed E-state index contributed by atoms with van der Waals surface area (Å²) in [7, 11) is 0. The lowest BCUT2D eigenvalue weighted by Gasteiger charge is -2.06. The highest BCUT2D eigenvalue weighted by Crippen LogP contribution is 2.20. The smallest absolute Gasteiger partial charge is 0.132 e. The first-order valence-electron chi connectivity index (χ1n) is 4.40. The first-order chi connectivity index (χ1) is 6.69. The Balaban J connectivity index is 2.95. The van der Waals surface area contributed by atoms with Crippen LogP contribution in [0, 0.1) is 11.6 Å². The molecule has 0 amide bonds. The predicted molar refractivity (Wildman–Crippen MR) is 51.4 cm³/mol. The van der Waals surface area contributed by atoms with E-state index in [0.29, 0.717) is 6.42 Å². The molecule has 0 aliphatic heterocycles. The van der Waals surface area contributed by atoms with Crippen LogP contribution in [0.1, 0.15) is 12.5 Å². The number of halogens is 2. The van der Waals surface area contributed by atoms with Gasteiger partial charge in [0.05, 0.1) is 0 Å². The van der Waals surface area contributed by atoms with Crippen LogP contribution in [0.15, 0.2) is 24.8 Å². The van der Waals surface area contributed by atoms with E-state index in [1.807, 2.05) is 0 Å². The van der Waals surface area contributed by atoms with E-state index < -0.39 is 11.6 Å². The van der Waals surface area contributed by atoms with Gasteiger partial charge in [-0.3, -0.25) is 0 Å². The maximum absolute atomic E-state index is 13.2. The number of rotatable bonds is 4. The zero-order valence-electron chi connectivity index (χ0n) is 8.02. The molecule has 0 radical (unpaired) electrons. The molecule has 1 nitrogen and oxygen atoms in total. The van der Waals surface area contributed by atoms with E-state index in [2.05, 4.69) is 6.58 Å². The molecule has 1 aromatic rings. The molecule has 0 heterocycles. The Morgan fingerprint density at radius 1 is 1.36 bits per heavy atom. The van der Waals surface area contributed by atoms with Crippen molar-refractivity contribution in [3.63, 3.8) is 0 Å². The third kappa shape index (κ3) is 2.31. The lowest BCUT2D eigenvalue weighted by Crippen LogP contribution is -1.98. The van der Waals surface area contributed by atoms with Crippen molar-refractivity contribution in [1.29, 1.82) is 0 Å². The van der Waals surface area contributed by atoms with Gasteiger partial charge < -0.3 is 4.74 Å². The van der Waals surface area contributed by atoms with Crippen molar-refractivity contribution in [1.82, 2.24) is 0 Å².